The second kappa shape index (κ2) is 6.35. The molecule has 7 heteroatoms. The molecule has 2 N–H and O–H groups in total. The van der Waals surface area contributed by atoms with Gasteiger partial charge in [0.1, 0.15) is 12.4 Å². The molecule has 1 unspecified atom stereocenters. The maximum Gasteiger partial charge on any atom is 0.416 e. The monoisotopic (exact) mass is 332 g/mol. The third-order valence-corrected chi connectivity index (χ3v) is 3.69. The highest BCUT2D eigenvalue weighted by molar-refractivity contribution is 5.52. The van der Waals surface area contributed by atoms with Crippen LogP contribution < -0.4 is 5.32 Å². The number of H-pyrrole nitrogens is 1. The molecule has 24 heavy (non-hydrogen) atoms. The third-order valence-electron chi connectivity index (χ3n) is 3.69. The molecule has 3 aromatic rings. The zero-order valence-electron chi connectivity index (χ0n) is 12.8. The molecule has 0 amide bonds. The van der Waals surface area contributed by atoms with Gasteiger partial charge in [0, 0.05) is 5.69 Å². The van der Waals surface area contributed by atoms with Gasteiger partial charge in [-0.25, -0.2) is 4.98 Å². The number of nitrogens with one attached hydrogen (secondary N) is 2. The second-order valence-corrected chi connectivity index (χ2v) is 5.39. The van der Waals surface area contributed by atoms with Gasteiger partial charge < -0.3 is 5.32 Å². The lowest BCUT2D eigenvalue weighted by atomic mass is 10.0. The van der Waals surface area contributed by atoms with Crippen molar-refractivity contribution in [3.8, 4) is 0 Å². The molecule has 0 saturated carbocycles. The van der Waals surface area contributed by atoms with Gasteiger partial charge in [-0.1, -0.05) is 36.4 Å². The summed E-state index contributed by atoms with van der Waals surface area (Å²) < 4.78 is 39.3. The minimum absolute atomic E-state index is 0.184. The largest absolute Gasteiger partial charge is 0.416 e. The normalized spacial score (nSPS) is 12.8. The van der Waals surface area contributed by atoms with Crippen molar-refractivity contribution in [3.05, 3.63) is 77.4 Å². The van der Waals surface area contributed by atoms with Crippen molar-refractivity contribution in [3.63, 3.8) is 0 Å². The van der Waals surface area contributed by atoms with E-state index in [9.17, 15) is 13.2 Å². The molecule has 0 spiro atoms. The van der Waals surface area contributed by atoms with E-state index in [1.165, 1.54) is 19.3 Å². The fourth-order valence-electron chi connectivity index (χ4n) is 2.49. The fourth-order valence-corrected chi connectivity index (χ4v) is 2.49. The molecule has 0 radical (unpaired) electrons. The Morgan fingerprint density at radius 3 is 2.46 bits per heavy atom. The molecule has 0 fully saturated rings. The first-order valence-corrected chi connectivity index (χ1v) is 7.30. The molecule has 0 saturated heterocycles. The maximum absolute atomic E-state index is 13.1. The van der Waals surface area contributed by atoms with Gasteiger partial charge in [0.05, 0.1) is 5.56 Å². The molecule has 2 aromatic carbocycles. The molecule has 0 aliphatic rings. The van der Waals surface area contributed by atoms with E-state index >= 15 is 0 Å². The number of aromatic amines is 1. The number of benzene rings is 2. The van der Waals surface area contributed by atoms with Crippen LogP contribution >= 0.6 is 0 Å². The number of hydrogen-bond acceptors (Lipinski definition) is 3. The summed E-state index contributed by atoms with van der Waals surface area (Å²) in [6.45, 7) is 1.44. The van der Waals surface area contributed by atoms with Gasteiger partial charge in [0.25, 0.3) is 0 Å². The van der Waals surface area contributed by atoms with Gasteiger partial charge >= 0.3 is 6.18 Å². The Bertz CT molecular complexity index is 798. The Morgan fingerprint density at radius 1 is 1.08 bits per heavy atom. The highest BCUT2D eigenvalue weighted by Gasteiger charge is 2.32. The van der Waals surface area contributed by atoms with E-state index in [4.69, 9.17) is 0 Å². The van der Waals surface area contributed by atoms with E-state index in [-0.39, 0.29) is 5.56 Å². The number of nitrogens with zero attached hydrogens (tertiary/aromatic N) is 2. The van der Waals surface area contributed by atoms with Gasteiger partial charge in [-0.15, -0.1) is 0 Å². The zero-order chi connectivity index (χ0) is 17.2. The second-order valence-electron chi connectivity index (χ2n) is 5.39. The predicted octanol–water partition coefficient (Wildman–Crippen LogP) is 4.33. The zero-order valence-corrected chi connectivity index (χ0v) is 12.8. The van der Waals surface area contributed by atoms with Gasteiger partial charge in [0.15, 0.2) is 5.82 Å². The lowest BCUT2D eigenvalue weighted by Gasteiger charge is -2.20. The average molecular weight is 332 g/mol. The summed E-state index contributed by atoms with van der Waals surface area (Å²) in [5, 5.41) is 9.70. The molecular weight excluding hydrogens is 317 g/mol. The number of halogens is 3. The van der Waals surface area contributed by atoms with Gasteiger partial charge in [-0.3, -0.25) is 5.10 Å². The summed E-state index contributed by atoms with van der Waals surface area (Å²) in [5.41, 5.74) is 0.752. The molecule has 124 valence electrons. The molecule has 1 heterocycles. The molecule has 1 aromatic heterocycles. The van der Waals surface area contributed by atoms with Crippen molar-refractivity contribution in [2.24, 2.45) is 0 Å². The lowest BCUT2D eigenvalue weighted by Crippen LogP contribution is -2.15. The lowest BCUT2D eigenvalue weighted by molar-refractivity contribution is -0.138. The molecular formula is C17H15F3N4. The Morgan fingerprint density at radius 2 is 1.83 bits per heavy atom. The van der Waals surface area contributed by atoms with Crippen molar-refractivity contribution in [2.45, 2.75) is 19.1 Å². The first-order chi connectivity index (χ1) is 11.4. The van der Waals surface area contributed by atoms with Gasteiger partial charge in [0.2, 0.25) is 0 Å². The summed E-state index contributed by atoms with van der Waals surface area (Å²) in [4.78, 5) is 4.13. The van der Waals surface area contributed by atoms with Crippen molar-refractivity contribution >= 4 is 5.69 Å². The van der Waals surface area contributed by atoms with Gasteiger partial charge in [-0.2, -0.15) is 18.3 Å². The van der Waals surface area contributed by atoms with E-state index in [0.717, 1.165) is 11.6 Å². The van der Waals surface area contributed by atoms with E-state index in [1.807, 2.05) is 30.3 Å². The Hall–Kier alpha value is -2.83. The minimum Gasteiger partial charge on any atom is -0.371 e. The first-order valence-electron chi connectivity index (χ1n) is 7.30. The van der Waals surface area contributed by atoms with Crippen LogP contribution in [0.3, 0.4) is 0 Å². The molecule has 1 atom stereocenters. The highest BCUT2D eigenvalue weighted by Crippen LogP contribution is 2.34. The third kappa shape index (κ3) is 3.40. The van der Waals surface area contributed by atoms with Crippen LogP contribution in [0.5, 0.6) is 0 Å². The summed E-state index contributed by atoms with van der Waals surface area (Å²) in [6.07, 6.45) is -3.03. The Labute approximate surface area is 136 Å². The SMILES string of the molecule is Cc1ccc(NC(c2ccccc2)c2ncn[nH]2)cc1C(F)(F)F. The van der Waals surface area contributed by atoms with Crippen molar-refractivity contribution in [1.29, 1.82) is 0 Å². The van der Waals surface area contributed by atoms with Crippen LogP contribution in [0.4, 0.5) is 18.9 Å². The average Bonchev–Trinajstić information content (AvgIpc) is 3.08. The quantitative estimate of drug-likeness (QED) is 0.747. The predicted molar refractivity (Wildman–Crippen MR) is 84.5 cm³/mol. The number of alkyl halides is 3. The topological polar surface area (TPSA) is 53.6 Å². The van der Waals surface area contributed by atoms with E-state index in [0.29, 0.717) is 11.5 Å². The van der Waals surface area contributed by atoms with E-state index in [2.05, 4.69) is 20.5 Å². The van der Waals surface area contributed by atoms with Crippen LogP contribution in [0.15, 0.2) is 54.9 Å². The fraction of sp³-hybridized carbons (Fsp3) is 0.176. The van der Waals surface area contributed by atoms with E-state index < -0.39 is 17.8 Å². The Balaban J connectivity index is 1.97. The van der Waals surface area contributed by atoms with E-state index in [1.54, 1.807) is 6.07 Å². The number of aromatic nitrogens is 3. The van der Waals surface area contributed by atoms with Crippen molar-refractivity contribution < 1.29 is 13.2 Å². The summed E-state index contributed by atoms with van der Waals surface area (Å²) in [7, 11) is 0. The summed E-state index contributed by atoms with van der Waals surface area (Å²) in [6, 6.07) is 13.1. The standard InChI is InChI=1S/C17H15F3N4/c1-11-7-8-13(9-14(11)17(18,19)20)23-15(16-21-10-22-24-16)12-5-3-2-4-6-12/h2-10,15,23H,1H3,(H,21,22,24). The van der Waals surface area contributed by atoms with Crippen molar-refractivity contribution in [1.82, 2.24) is 15.2 Å². The van der Waals surface area contributed by atoms with Crippen LogP contribution in [-0.2, 0) is 6.18 Å². The molecule has 0 aliphatic carbocycles. The number of anilines is 1. The van der Waals surface area contributed by atoms with Crippen LogP contribution in [0, 0.1) is 6.92 Å². The molecule has 0 bridgehead atoms. The van der Waals surface area contributed by atoms with Crippen LogP contribution in [0.2, 0.25) is 0 Å². The number of hydrogen-bond donors (Lipinski definition) is 2. The highest BCUT2D eigenvalue weighted by atomic mass is 19.4. The molecule has 4 nitrogen and oxygen atoms in total. The molecule has 3 rings (SSSR count). The number of rotatable bonds is 4. The smallest absolute Gasteiger partial charge is 0.371 e. The first kappa shape index (κ1) is 16.0. The molecule has 0 aliphatic heterocycles. The van der Waals surface area contributed by atoms with Crippen LogP contribution in [0.25, 0.3) is 0 Å². The van der Waals surface area contributed by atoms with Crippen LogP contribution in [0.1, 0.15) is 28.6 Å². The summed E-state index contributed by atoms with van der Waals surface area (Å²) >= 11 is 0. The summed E-state index contributed by atoms with van der Waals surface area (Å²) in [5.74, 6) is 0.523. The maximum atomic E-state index is 13.1. The Kier molecular flexibility index (Phi) is 4.24. The minimum atomic E-state index is -4.39. The van der Waals surface area contributed by atoms with Crippen molar-refractivity contribution in [2.75, 3.05) is 5.32 Å². The number of aryl methyl sites for hydroxylation is 1. The van der Waals surface area contributed by atoms with Crippen LogP contribution in [-0.4, -0.2) is 15.2 Å². The van der Waals surface area contributed by atoms with Gasteiger partial charge in [-0.05, 0) is 30.2 Å².